The second kappa shape index (κ2) is 6.08. The van der Waals surface area contributed by atoms with Gasteiger partial charge in [0.1, 0.15) is 17.9 Å². The standard InChI is InChI=1S/C13H12BrNO3S/c1-17-12-5-9(15)2-3-11(12)13(16)18-6-10-4-8(14)7-19-10/h2-5,7H,6,15H2,1H3. The van der Waals surface area contributed by atoms with Crippen molar-refractivity contribution < 1.29 is 14.3 Å². The van der Waals surface area contributed by atoms with Gasteiger partial charge in [-0.2, -0.15) is 0 Å². The first-order chi connectivity index (χ1) is 9.10. The van der Waals surface area contributed by atoms with Crippen LogP contribution in [0.15, 0.2) is 34.1 Å². The van der Waals surface area contributed by atoms with E-state index in [4.69, 9.17) is 15.2 Å². The minimum Gasteiger partial charge on any atom is -0.496 e. The number of benzene rings is 1. The number of carbonyl (C=O) groups excluding carboxylic acids is 1. The van der Waals surface area contributed by atoms with Gasteiger partial charge in [-0.15, -0.1) is 11.3 Å². The van der Waals surface area contributed by atoms with Crippen molar-refractivity contribution in [1.29, 1.82) is 0 Å². The minimum absolute atomic E-state index is 0.239. The largest absolute Gasteiger partial charge is 0.496 e. The first kappa shape index (κ1) is 13.9. The highest BCUT2D eigenvalue weighted by Crippen LogP contribution is 2.24. The van der Waals surface area contributed by atoms with Crippen molar-refractivity contribution in [2.45, 2.75) is 6.61 Å². The third-order valence-electron chi connectivity index (χ3n) is 2.41. The van der Waals surface area contributed by atoms with Crippen LogP contribution < -0.4 is 10.5 Å². The second-order valence-electron chi connectivity index (χ2n) is 3.77. The lowest BCUT2D eigenvalue weighted by atomic mass is 10.2. The van der Waals surface area contributed by atoms with E-state index in [2.05, 4.69) is 15.9 Å². The van der Waals surface area contributed by atoms with Crippen molar-refractivity contribution in [3.8, 4) is 5.75 Å². The number of hydrogen-bond donors (Lipinski definition) is 1. The quantitative estimate of drug-likeness (QED) is 0.683. The Morgan fingerprint density at radius 2 is 2.21 bits per heavy atom. The number of ether oxygens (including phenoxy) is 2. The maximum atomic E-state index is 12.0. The first-order valence-corrected chi connectivity index (χ1v) is 7.11. The fourth-order valence-electron chi connectivity index (χ4n) is 1.52. The van der Waals surface area contributed by atoms with Crippen LogP contribution in [0.25, 0.3) is 0 Å². The summed E-state index contributed by atoms with van der Waals surface area (Å²) in [6.45, 7) is 0.239. The molecule has 6 heteroatoms. The summed E-state index contributed by atoms with van der Waals surface area (Å²) < 4.78 is 11.3. The van der Waals surface area contributed by atoms with Gasteiger partial charge in [0.2, 0.25) is 0 Å². The van der Waals surface area contributed by atoms with Gasteiger partial charge in [0.05, 0.1) is 7.11 Å². The second-order valence-corrected chi connectivity index (χ2v) is 5.68. The lowest BCUT2D eigenvalue weighted by Gasteiger charge is -2.08. The SMILES string of the molecule is COc1cc(N)ccc1C(=O)OCc1cc(Br)cs1. The molecule has 2 rings (SSSR count). The molecular weight excluding hydrogens is 330 g/mol. The average Bonchev–Trinajstić information content (AvgIpc) is 2.81. The Labute approximate surface area is 123 Å². The molecule has 0 amide bonds. The van der Waals surface area contributed by atoms with Gasteiger partial charge in [-0.3, -0.25) is 0 Å². The van der Waals surface area contributed by atoms with Crippen molar-refractivity contribution in [3.63, 3.8) is 0 Å². The number of nitrogens with two attached hydrogens (primary N) is 1. The number of anilines is 1. The van der Waals surface area contributed by atoms with Crippen LogP contribution >= 0.6 is 27.3 Å². The van der Waals surface area contributed by atoms with Crippen LogP contribution in [-0.2, 0) is 11.3 Å². The predicted molar refractivity (Wildman–Crippen MR) is 78.5 cm³/mol. The van der Waals surface area contributed by atoms with E-state index in [0.717, 1.165) is 9.35 Å². The lowest BCUT2D eigenvalue weighted by molar-refractivity contribution is 0.0473. The van der Waals surface area contributed by atoms with E-state index in [1.807, 2.05) is 11.4 Å². The molecule has 1 heterocycles. The van der Waals surface area contributed by atoms with Crippen molar-refractivity contribution in [2.24, 2.45) is 0 Å². The summed E-state index contributed by atoms with van der Waals surface area (Å²) in [7, 11) is 1.49. The molecule has 0 aliphatic heterocycles. The molecule has 2 aromatic rings. The Balaban J connectivity index is 2.07. The molecule has 100 valence electrons. The van der Waals surface area contributed by atoms with Gasteiger partial charge in [-0.1, -0.05) is 0 Å². The fraction of sp³-hybridized carbons (Fsp3) is 0.154. The maximum Gasteiger partial charge on any atom is 0.342 e. The summed E-state index contributed by atoms with van der Waals surface area (Å²) in [5, 5.41) is 1.94. The number of halogens is 1. The summed E-state index contributed by atoms with van der Waals surface area (Å²) in [5.41, 5.74) is 6.54. The molecule has 0 saturated heterocycles. The molecule has 0 fully saturated rings. The average molecular weight is 342 g/mol. The van der Waals surface area contributed by atoms with Crippen molar-refractivity contribution in [2.75, 3.05) is 12.8 Å². The fourth-order valence-corrected chi connectivity index (χ4v) is 2.88. The van der Waals surface area contributed by atoms with E-state index in [0.29, 0.717) is 17.0 Å². The highest BCUT2D eigenvalue weighted by molar-refractivity contribution is 9.10. The zero-order valence-electron chi connectivity index (χ0n) is 10.2. The van der Waals surface area contributed by atoms with Gasteiger partial charge in [0.15, 0.2) is 0 Å². The lowest BCUT2D eigenvalue weighted by Crippen LogP contribution is -2.07. The Kier molecular flexibility index (Phi) is 4.44. The molecule has 0 radical (unpaired) electrons. The predicted octanol–water partition coefficient (Wildman–Crippen LogP) is 3.46. The number of hydrogen-bond acceptors (Lipinski definition) is 5. The van der Waals surface area contributed by atoms with Crippen molar-refractivity contribution in [3.05, 3.63) is 44.6 Å². The molecule has 4 nitrogen and oxygen atoms in total. The summed E-state index contributed by atoms with van der Waals surface area (Å²) in [4.78, 5) is 12.9. The van der Waals surface area contributed by atoms with Crippen LogP contribution in [-0.4, -0.2) is 13.1 Å². The molecule has 0 atom stereocenters. The van der Waals surface area contributed by atoms with Gasteiger partial charge >= 0.3 is 5.97 Å². The van der Waals surface area contributed by atoms with E-state index >= 15 is 0 Å². The molecular formula is C13H12BrNO3S. The van der Waals surface area contributed by atoms with Gasteiger partial charge in [0, 0.05) is 26.5 Å². The normalized spacial score (nSPS) is 10.2. The van der Waals surface area contributed by atoms with Crippen LogP contribution in [0, 0.1) is 0 Å². The first-order valence-electron chi connectivity index (χ1n) is 5.43. The van der Waals surface area contributed by atoms with Crippen molar-refractivity contribution >= 4 is 38.9 Å². The number of thiophene rings is 1. The zero-order valence-corrected chi connectivity index (χ0v) is 12.6. The minimum atomic E-state index is -0.429. The molecule has 2 N–H and O–H groups in total. The monoisotopic (exact) mass is 341 g/mol. The van der Waals surface area contributed by atoms with Crippen molar-refractivity contribution in [1.82, 2.24) is 0 Å². The Bertz CT molecular complexity index is 597. The molecule has 0 unspecified atom stereocenters. The molecule has 0 aliphatic rings. The maximum absolute atomic E-state index is 12.0. The van der Waals surface area contributed by atoms with Crippen LogP contribution in [0.2, 0.25) is 0 Å². The highest BCUT2D eigenvalue weighted by Gasteiger charge is 2.14. The van der Waals surface area contributed by atoms with Crippen LogP contribution in [0.4, 0.5) is 5.69 Å². The van der Waals surface area contributed by atoms with Crippen LogP contribution in [0.5, 0.6) is 5.75 Å². The van der Waals surface area contributed by atoms with E-state index in [-0.39, 0.29) is 6.61 Å². The Morgan fingerprint density at radius 1 is 1.42 bits per heavy atom. The Hall–Kier alpha value is -1.53. The summed E-state index contributed by atoms with van der Waals surface area (Å²) >= 11 is 4.87. The highest BCUT2D eigenvalue weighted by atomic mass is 79.9. The number of esters is 1. The molecule has 0 saturated carbocycles. The van der Waals surface area contributed by atoms with Gasteiger partial charge in [-0.25, -0.2) is 4.79 Å². The summed E-state index contributed by atoms with van der Waals surface area (Å²) in [6.07, 6.45) is 0. The molecule has 0 aliphatic carbocycles. The topological polar surface area (TPSA) is 61.5 Å². The van der Waals surface area contributed by atoms with E-state index in [1.54, 1.807) is 18.2 Å². The van der Waals surface area contributed by atoms with E-state index < -0.39 is 5.97 Å². The van der Waals surface area contributed by atoms with Gasteiger partial charge < -0.3 is 15.2 Å². The van der Waals surface area contributed by atoms with Crippen LogP contribution in [0.1, 0.15) is 15.2 Å². The number of methoxy groups -OCH3 is 1. The van der Waals surface area contributed by atoms with E-state index in [9.17, 15) is 4.79 Å². The summed E-state index contributed by atoms with van der Waals surface area (Å²) in [6, 6.07) is 6.75. The third-order valence-corrected chi connectivity index (χ3v) is 4.08. The molecule has 0 spiro atoms. The van der Waals surface area contributed by atoms with Crippen LogP contribution in [0.3, 0.4) is 0 Å². The molecule has 0 bridgehead atoms. The number of rotatable bonds is 4. The van der Waals surface area contributed by atoms with E-state index in [1.165, 1.54) is 18.4 Å². The van der Waals surface area contributed by atoms with Gasteiger partial charge in [0.25, 0.3) is 0 Å². The molecule has 1 aromatic carbocycles. The zero-order chi connectivity index (χ0) is 13.8. The molecule has 1 aromatic heterocycles. The smallest absolute Gasteiger partial charge is 0.342 e. The third kappa shape index (κ3) is 3.48. The Morgan fingerprint density at radius 3 is 2.84 bits per heavy atom. The molecule has 19 heavy (non-hydrogen) atoms. The number of nitrogen functional groups attached to an aromatic ring is 1. The summed E-state index contributed by atoms with van der Waals surface area (Å²) in [5.74, 6) is -0.0151. The van der Waals surface area contributed by atoms with Gasteiger partial charge in [-0.05, 0) is 34.1 Å². The number of carbonyl (C=O) groups is 1.